The molecule has 0 aromatic heterocycles. The molecule has 0 radical (unpaired) electrons. The van der Waals surface area contributed by atoms with E-state index in [2.05, 4.69) is 39.0 Å². The molecule has 1 aromatic carbocycles. The van der Waals surface area contributed by atoms with Crippen molar-refractivity contribution in [1.82, 2.24) is 0 Å². The van der Waals surface area contributed by atoms with Gasteiger partial charge in [-0.1, -0.05) is 32.0 Å². The summed E-state index contributed by atoms with van der Waals surface area (Å²) in [6.45, 7) is 6.52. The Bertz CT molecular complexity index is 278. The molecule has 0 aliphatic heterocycles. The van der Waals surface area contributed by atoms with Crippen molar-refractivity contribution < 1.29 is 4.74 Å². The molecule has 13 heavy (non-hydrogen) atoms. The quantitative estimate of drug-likeness (QED) is 0.688. The van der Waals surface area contributed by atoms with Gasteiger partial charge in [0.2, 0.25) is 0 Å². The zero-order valence-electron chi connectivity index (χ0n) is 8.92. The van der Waals surface area contributed by atoms with Crippen LogP contribution in [0.15, 0.2) is 18.2 Å². The van der Waals surface area contributed by atoms with E-state index in [0.29, 0.717) is 5.92 Å². The summed E-state index contributed by atoms with van der Waals surface area (Å²) in [5.41, 5.74) is 2.55. The van der Waals surface area contributed by atoms with Crippen LogP contribution in [0.2, 0.25) is 0 Å². The first-order valence-electron chi connectivity index (χ1n) is 4.84. The van der Waals surface area contributed by atoms with Crippen molar-refractivity contribution in [2.75, 3.05) is 7.11 Å². The molecule has 0 spiro atoms. The van der Waals surface area contributed by atoms with Crippen molar-refractivity contribution in [3.63, 3.8) is 0 Å². The number of para-hydroxylation sites is 1. The van der Waals surface area contributed by atoms with Crippen LogP contribution in [0, 0.1) is 6.92 Å². The zero-order valence-corrected chi connectivity index (χ0v) is 8.92. The Morgan fingerprint density at radius 1 is 1.38 bits per heavy atom. The van der Waals surface area contributed by atoms with E-state index in [1.54, 1.807) is 7.11 Å². The van der Waals surface area contributed by atoms with Gasteiger partial charge in [-0.15, -0.1) is 0 Å². The number of rotatable bonds is 3. The smallest absolute Gasteiger partial charge is 0.125 e. The molecule has 1 unspecified atom stereocenters. The third-order valence-corrected chi connectivity index (χ3v) is 2.59. The third-order valence-electron chi connectivity index (χ3n) is 2.59. The molecule has 1 heteroatoms. The second-order valence-corrected chi connectivity index (χ2v) is 3.51. The number of hydrogen-bond acceptors (Lipinski definition) is 1. The van der Waals surface area contributed by atoms with Crippen LogP contribution < -0.4 is 4.74 Å². The van der Waals surface area contributed by atoms with Gasteiger partial charge in [0.15, 0.2) is 0 Å². The predicted octanol–water partition coefficient (Wildman–Crippen LogP) is 3.52. The summed E-state index contributed by atoms with van der Waals surface area (Å²) in [6, 6.07) is 6.34. The molecule has 72 valence electrons. The Hall–Kier alpha value is -0.980. The zero-order chi connectivity index (χ0) is 9.84. The van der Waals surface area contributed by atoms with Crippen molar-refractivity contribution in [1.29, 1.82) is 0 Å². The normalized spacial score (nSPS) is 12.6. The summed E-state index contributed by atoms with van der Waals surface area (Å²) in [4.78, 5) is 0. The van der Waals surface area contributed by atoms with E-state index in [1.807, 2.05) is 0 Å². The van der Waals surface area contributed by atoms with Crippen LogP contribution in [0.25, 0.3) is 0 Å². The van der Waals surface area contributed by atoms with E-state index in [4.69, 9.17) is 4.74 Å². The fourth-order valence-electron chi connectivity index (χ4n) is 1.56. The standard InChI is InChI=1S/C12H18O/c1-5-9(2)11-8-6-7-10(3)12(11)13-4/h6-9H,5H2,1-4H3. The minimum Gasteiger partial charge on any atom is -0.496 e. The molecule has 1 atom stereocenters. The van der Waals surface area contributed by atoms with Gasteiger partial charge in [0.05, 0.1) is 7.11 Å². The molecule has 0 amide bonds. The van der Waals surface area contributed by atoms with Gasteiger partial charge in [0.1, 0.15) is 5.75 Å². The van der Waals surface area contributed by atoms with Crippen LogP contribution in [0.1, 0.15) is 37.3 Å². The highest BCUT2D eigenvalue weighted by molar-refractivity contribution is 5.42. The van der Waals surface area contributed by atoms with Crippen LogP contribution in [0.4, 0.5) is 0 Å². The van der Waals surface area contributed by atoms with Gasteiger partial charge < -0.3 is 4.74 Å². The highest BCUT2D eigenvalue weighted by atomic mass is 16.5. The summed E-state index contributed by atoms with van der Waals surface area (Å²) in [5.74, 6) is 1.63. The molecular formula is C12H18O. The van der Waals surface area contributed by atoms with E-state index >= 15 is 0 Å². The van der Waals surface area contributed by atoms with E-state index in [1.165, 1.54) is 11.1 Å². The lowest BCUT2D eigenvalue weighted by molar-refractivity contribution is 0.403. The van der Waals surface area contributed by atoms with Crippen LogP contribution in [-0.4, -0.2) is 7.11 Å². The monoisotopic (exact) mass is 178 g/mol. The van der Waals surface area contributed by atoms with E-state index in [-0.39, 0.29) is 0 Å². The first kappa shape index (κ1) is 10.1. The highest BCUT2D eigenvalue weighted by Gasteiger charge is 2.10. The number of benzene rings is 1. The minimum absolute atomic E-state index is 0.579. The second-order valence-electron chi connectivity index (χ2n) is 3.51. The Morgan fingerprint density at radius 3 is 2.62 bits per heavy atom. The summed E-state index contributed by atoms with van der Waals surface area (Å²) in [5, 5.41) is 0. The fourth-order valence-corrected chi connectivity index (χ4v) is 1.56. The molecule has 0 saturated heterocycles. The van der Waals surface area contributed by atoms with Gasteiger partial charge in [-0.2, -0.15) is 0 Å². The molecule has 0 aliphatic rings. The third kappa shape index (κ3) is 2.03. The average Bonchev–Trinajstić information content (AvgIpc) is 2.16. The molecule has 1 aromatic rings. The molecule has 0 saturated carbocycles. The Balaban J connectivity index is 3.12. The Morgan fingerprint density at radius 2 is 2.08 bits per heavy atom. The summed E-state index contributed by atoms with van der Waals surface area (Å²) < 4.78 is 5.40. The maximum Gasteiger partial charge on any atom is 0.125 e. The number of hydrogen-bond donors (Lipinski definition) is 0. The molecule has 0 bridgehead atoms. The van der Waals surface area contributed by atoms with E-state index < -0.39 is 0 Å². The molecule has 0 fully saturated rings. The lowest BCUT2D eigenvalue weighted by atomic mass is 9.96. The van der Waals surface area contributed by atoms with Gasteiger partial charge in [-0.25, -0.2) is 0 Å². The lowest BCUT2D eigenvalue weighted by Gasteiger charge is -2.15. The highest BCUT2D eigenvalue weighted by Crippen LogP contribution is 2.30. The largest absolute Gasteiger partial charge is 0.496 e. The molecule has 0 heterocycles. The maximum atomic E-state index is 5.40. The lowest BCUT2D eigenvalue weighted by Crippen LogP contribution is -1.98. The molecule has 0 aliphatic carbocycles. The van der Waals surface area contributed by atoms with Crippen molar-refractivity contribution in [3.05, 3.63) is 29.3 Å². The molecule has 0 N–H and O–H groups in total. The SMILES string of the molecule is CCC(C)c1cccc(C)c1OC. The van der Waals surface area contributed by atoms with E-state index in [0.717, 1.165) is 12.2 Å². The van der Waals surface area contributed by atoms with Crippen molar-refractivity contribution in [2.24, 2.45) is 0 Å². The second kappa shape index (κ2) is 4.31. The minimum atomic E-state index is 0.579. The van der Waals surface area contributed by atoms with Crippen LogP contribution in [0.5, 0.6) is 5.75 Å². The average molecular weight is 178 g/mol. The van der Waals surface area contributed by atoms with Crippen LogP contribution in [-0.2, 0) is 0 Å². The maximum absolute atomic E-state index is 5.40. The topological polar surface area (TPSA) is 9.23 Å². The first-order chi connectivity index (χ1) is 6.20. The van der Waals surface area contributed by atoms with Crippen LogP contribution >= 0.6 is 0 Å². The first-order valence-corrected chi connectivity index (χ1v) is 4.84. The number of aryl methyl sites for hydroxylation is 1. The summed E-state index contributed by atoms with van der Waals surface area (Å²) >= 11 is 0. The predicted molar refractivity (Wildman–Crippen MR) is 56.4 cm³/mol. The Labute approximate surface area is 80.7 Å². The Kier molecular flexibility index (Phi) is 3.35. The van der Waals surface area contributed by atoms with Gasteiger partial charge in [0.25, 0.3) is 0 Å². The van der Waals surface area contributed by atoms with Gasteiger partial charge in [-0.05, 0) is 30.4 Å². The number of methoxy groups -OCH3 is 1. The van der Waals surface area contributed by atoms with Gasteiger partial charge in [-0.3, -0.25) is 0 Å². The van der Waals surface area contributed by atoms with Gasteiger partial charge >= 0.3 is 0 Å². The molecule has 1 nitrogen and oxygen atoms in total. The van der Waals surface area contributed by atoms with Crippen molar-refractivity contribution >= 4 is 0 Å². The van der Waals surface area contributed by atoms with Crippen molar-refractivity contribution in [3.8, 4) is 5.75 Å². The number of ether oxygens (including phenoxy) is 1. The summed E-state index contributed by atoms with van der Waals surface area (Å²) in [6.07, 6.45) is 1.15. The van der Waals surface area contributed by atoms with Crippen LogP contribution in [0.3, 0.4) is 0 Å². The summed E-state index contributed by atoms with van der Waals surface area (Å²) in [7, 11) is 1.74. The molecule has 1 rings (SSSR count). The van der Waals surface area contributed by atoms with E-state index in [9.17, 15) is 0 Å². The fraction of sp³-hybridized carbons (Fsp3) is 0.500. The van der Waals surface area contributed by atoms with Gasteiger partial charge in [0, 0.05) is 0 Å². The van der Waals surface area contributed by atoms with Crippen molar-refractivity contribution in [2.45, 2.75) is 33.1 Å². The molecular weight excluding hydrogens is 160 g/mol.